The molecule has 3 aromatic carbocycles. The van der Waals surface area contributed by atoms with Crippen LogP contribution in [0.3, 0.4) is 0 Å². The fourth-order valence-corrected chi connectivity index (χ4v) is 5.37. The lowest BCUT2D eigenvalue weighted by molar-refractivity contribution is -0.139. The van der Waals surface area contributed by atoms with E-state index in [2.05, 4.69) is 21.2 Å². The zero-order chi connectivity index (χ0) is 26.3. The van der Waals surface area contributed by atoms with Gasteiger partial charge in [-0.1, -0.05) is 57.9 Å². The Morgan fingerprint density at radius 1 is 0.972 bits per heavy atom. The van der Waals surface area contributed by atoms with Crippen LogP contribution in [-0.4, -0.2) is 44.3 Å². The standard InChI is InChI=1S/C26H27BrClN3O4S/c1-3-29-26(33)19(2)30(17-20-9-11-21(27)12-10-20)25(32)18-31(23-15-13-22(28)14-16-23)36(34,35)24-7-5-4-6-8-24/h4-16,19H,3,17-18H2,1-2H3,(H,29,33). The Morgan fingerprint density at radius 2 is 1.58 bits per heavy atom. The number of anilines is 1. The summed E-state index contributed by atoms with van der Waals surface area (Å²) in [7, 11) is -4.09. The van der Waals surface area contributed by atoms with E-state index >= 15 is 0 Å². The summed E-state index contributed by atoms with van der Waals surface area (Å²) in [4.78, 5) is 27.8. The molecule has 0 saturated heterocycles. The van der Waals surface area contributed by atoms with Crippen LogP contribution in [0.25, 0.3) is 0 Å². The van der Waals surface area contributed by atoms with Gasteiger partial charge in [0.15, 0.2) is 0 Å². The highest BCUT2D eigenvalue weighted by molar-refractivity contribution is 9.10. The van der Waals surface area contributed by atoms with Crippen molar-refractivity contribution in [2.75, 3.05) is 17.4 Å². The monoisotopic (exact) mass is 591 g/mol. The molecule has 0 radical (unpaired) electrons. The molecule has 0 aliphatic carbocycles. The van der Waals surface area contributed by atoms with Crippen LogP contribution < -0.4 is 9.62 Å². The maximum Gasteiger partial charge on any atom is 0.264 e. The van der Waals surface area contributed by atoms with E-state index in [4.69, 9.17) is 11.6 Å². The van der Waals surface area contributed by atoms with Crippen LogP contribution in [0, 0.1) is 0 Å². The first-order valence-electron chi connectivity index (χ1n) is 11.3. The van der Waals surface area contributed by atoms with E-state index in [9.17, 15) is 18.0 Å². The van der Waals surface area contributed by atoms with Crippen LogP contribution in [0.5, 0.6) is 0 Å². The van der Waals surface area contributed by atoms with Gasteiger partial charge in [-0.15, -0.1) is 0 Å². The van der Waals surface area contributed by atoms with Crippen LogP contribution in [0.1, 0.15) is 19.4 Å². The lowest BCUT2D eigenvalue weighted by atomic mass is 10.1. The van der Waals surface area contributed by atoms with E-state index in [0.717, 1.165) is 14.3 Å². The predicted molar refractivity (Wildman–Crippen MR) is 145 cm³/mol. The number of hydrogen-bond donors (Lipinski definition) is 1. The molecule has 1 unspecified atom stereocenters. The van der Waals surface area contributed by atoms with Crippen molar-refractivity contribution in [3.05, 3.63) is 93.9 Å². The molecule has 0 fully saturated rings. The molecule has 3 aromatic rings. The average Bonchev–Trinajstić information content (AvgIpc) is 2.87. The van der Waals surface area contributed by atoms with E-state index in [1.165, 1.54) is 17.0 Å². The molecule has 1 atom stereocenters. The predicted octanol–water partition coefficient (Wildman–Crippen LogP) is 4.85. The molecule has 7 nitrogen and oxygen atoms in total. The Hall–Kier alpha value is -2.88. The smallest absolute Gasteiger partial charge is 0.264 e. The number of benzene rings is 3. The van der Waals surface area contributed by atoms with Gasteiger partial charge in [0.1, 0.15) is 12.6 Å². The quantitative estimate of drug-likeness (QED) is 0.365. The van der Waals surface area contributed by atoms with Crippen molar-refractivity contribution >= 4 is 55.1 Å². The first-order valence-corrected chi connectivity index (χ1v) is 13.9. The third kappa shape index (κ3) is 6.87. The van der Waals surface area contributed by atoms with Gasteiger partial charge >= 0.3 is 0 Å². The molecule has 1 N–H and O–H groups in total. The topological polar surface area (TPSA) is 86.8 Å². The molecule has 3 rings (SSSR count). The molecule has 0 saturated carbocycles. The highest BCUT2D eigenvalue weighted by Crippen LogP contribution is 2.26. The Bertz CT molecular complexity index is 1290. The minimum atomic E-state index is -4.09. The van der Waals surface area contributed by atoms with E-state index in [1.54, 1.807) is 56.3 Å². The van der Waals surface area contributed by atoms with Crippen molar-refractivity contribution in [1.29, 1.82) is 0 Å². The lowest BCUT2D eigenvalue weighted by Crippen LogP contribution is -2.51. The highest BCUT2D eigenvalue weighted by atomic mass is 79.9. The highest BCUT2D eigenvalue weighted by Gasteiger charge is 2.32. The minimum Gasteiger partial charge on any atom is -0.355 e. The number of carbonyl (C=O) groups excluding carboxylic acids is 2. The zero-order valence-electron chi connectivity index (χ0n) is 19.9. The van der Waals surface area contributed by atoms with Crippen molar-refractivity contribution in [3.63, 3.8) is 0 Å². The van der Waals surface area contributed by atoms with Gasteiger partial charge in [0.25, 0.3) is 10.0 Å². The van der Waals surface area contributed by atoms with Crippen molar-refractivity contribution in [2.45, 2.75) is 31.3 Å². The van der Waals surface area contributed by atoms with Gasteiger partial charge in [0, 0.05) is 22.6 Å². The van der Waals surface area contributed by atoms with Gasteiger partial charge in [0.2, 0.25) is 11.8 Å². The fraction of sp³-hybridized carbons (Fsp3) is 0.231. The fourth-order valence-electron chi connectivity index (χ4n) is 3.55. The molecule has 36 heavy (non-hydrogen) atoms. The van der Waals surface area contributed by atoms with E-state index < -0.39 is 28.5 Å². The first-order chi connectivity index (χ1) is 17.1. The molecule has 0 aliphatic heterocycles. The van der Waals surface area contributed by atoms with Crippen molar-refractivity contribution in [3.8, 4) is 0 Å². The molecule has 0 spiro atoms. The van der Waals surface area contributed by atoms with E-state index in [0.29, 0.717) is 11.6 Å². The van der Waals surface area contributed by atoms with Crippen LogP contribution in [0.2, 0.25) is 5.02 Å². The molecule has 190 valence electrons. The summed E-state index contributed by atoms with van der Waals surface area (Å²) >= 11 is 9.41. The molecule has 0 aliphatic rings. The third-order valence-corrected chi connectivity index (χ3v) is 8.08. The molecule has 0 aromatic heterocycles. The maximum atomic E-state index is 13.7. The number of sulfonamides is 1. The number of nitrogens with zero attached hydrogens (tertiary/aromatic N) is 2. The summed E-state index contributed by atoms with van der Waals surface area (Å²) in [6.45, 7) is 3.45. The second-order valence-electron chi connectivity index (χ2n) is 8.02. The van der Waals surface area contributed by atoms with Gasteiger partial charge in [-0.3, -0.25) is 13.9 Å². The summed E-state index contributed by atoms with van der Waals surface area (Å²) < 4.78 is 29.2. The second kappa shape index (κ2) is 12.4. The first kappa shape index (κ1) is 27.7. The average molecular weight is 593 g/mol. The second-order valence-corrected chi connectivity index (χ2v) is 11.2. The number of rotatable bonds is 10. The van der Waals surface area contributed by atoms with Crippen LogP contribution in [0.4, 0.5) is 5.69 Å². The Kier molecular flexibility index (Phi) is 9.53. The summed E-state index contributed by atoms with van der Waals surface area (Å²) in [6.07, 6.45) is 0. The SMILES string of the molecule is CCNC(=O)C(C)N(Cc1ccc(Br)cc1)C(=O)CN(c1ccc(Cl)cc1)S(=O)(=O)c1ccccc1. The molecular weight excluding hydrogens is 566 g/mol. The van der Waals surface area contributed by atoms with Gasteiger partial charge in [0.05, 0.1) is 10.6 Å². The van der Waals surface area contributed by atoms with Gasteiger partial charge < -0.3 is 10.2 Å². The number of halogens is 2. The number of likely N-dealkylation sites (N-methyl/N-ethyl adjacent to an activating group) is 1. The molecule has 2 amide bonds. The third-order valence-electron chi connectivity index (χ3n) is 5.51. The Balaban J connectivity index is 2.00. The van der Waals surface area contributed by atoms with Crippen LogP contribution >= 0.6 is 27.5 Å². The van der Waals surface area contributed by atoms with Gasteiger partial charge in [-0.05, 0) is 67.9 Å². The largest absolute Gasteiger partial charge is 0.355 e. The molecule has 0 heterocycles. The minimum absolute atomic E-state index is 0.0454. The number of amides is 2. The van der Waals surface area contributed by atoms with Crippen molar-refractivity contribution in [2.24, 2.45) is 0 Å². The summed E-state index contributed by atoms with van der Waals surface area (Å²) in [5.74, 6) is -0.849. The number of hydrogen-bond acceptors (Lipinski definition) is 4. The zero-order valence-corrected chi connectivity index (χ0v) is 23.1. The number of carbonyl (C=O) groups is 2. The summed E-state index contributed by atoms with van der Waals surface area (Å²) in [5, 5.41) is 3.17. The molecule has 0 bridgehead atoms. The molecular formula is C26H27BrClN3O4S. The normalized spacial score (nSPS) is 12.0. The van der Waals surface area contributed by atoms with Crippen LogP contribution in [-0.2, 0) is 26.2 Å². The molecule has 10 heteroatoms. The number of nitrogens with one attached hydrogen (secondary N) is 1. The van der Waals surface area contributed by atoms with E-state index in [-0.39, 0.29) is 23.0 Å². The van der Waals surface area contributed by atoms with Crippen molar-refractivity contribution in [1.82, 2.24) is 10.2 Å². The Labute approximate surface area is 225 Å². The van der Waals surface area contributed by atoms with Gasteiger partial charge in [-0.2, -0.15) is 0 Å². The summed E-state index contributed by atoms with van der Waals surface area (Å²) in [5.41, 5.74) is 1.08. The Morgan fingerprint density at radius 3 is 2.17 bits per heavy atom. The summed E-state index contributed by atoms with van der Waals surface area (Å²) in [6, 6.07) is 20.6. The maximum absolute atomic E-state index is 13.7. The lowest BCUT2D eigenvalue weighted by Gasteiger charge is -2.32. The van der Waals surface area contributed by atoms with Crippen LogP contribution in [0.15, 0.2) is 88.2 Å². The van der Waals surface area contributed by atoms with E-state index in [1.807, 2.05) is 24.3 Å². The van der Waals surface area contributed by atoms with Gasteiger partial charge in [-0.25, -0.2) is 8.42 Å². The van der Waals surface area contributed by atoms with Crippen molar-refractivity contribution < 1.29 is 18.0 Å².